The number of Topliss-reactive ketones (excluding diaryl/α,β-unsaturated/α-hetero) is 1. The Kier molecular flexibility index (Phi) is 4.40. The normalized spacial score (nSPS) is 10.3. The molecule has 0 fully saturated rings. The van der Waals surface area contributed by atoms with Crippen LogP contribution in [0.15, 0.2) is 48.5 Å². The van der Waals surface area contributed by atoms with E-state index in [1.54, 1.807) is 18.2 Å². The number of rotatable bonds is 4. The van der Waals surface area contributed by atoms with E-state index in [9.17, 15) is 4.79 Å². The highest BCUT2D eigenvalue weighted by Crippen LogP contribution is 2.26. The van der Waals surface area contributed by atoms with Crippen molar-refractivity contribution in [3.63, 3.8) is 0 Å². The molecule has 2 rings (SSSR count). The van der Waals surface area contributed by atoms with E-state index in [-0.39, 0.29) is 5.78 Å². The van der Waals surface area contributed by atoms with Crippen LogP contribution in [0.4, 0.5) is 0 Å². The zero-order chi connectivity index (χ0) is 13.0. The molecule has 18 heavy (non-hydrogen) atoms. The average Bonchev–Trinajstić information content (AvgIpc) is 2.40. The SMILES string of the molecule is O=C(CCc1ccccc1)c1cccc(Cl)c1Cl. The van der Waals surface area contributed by atoms with Crippen LogP contribution in [-0.2, 0) is 6.42 Å². The molecule has 0 amide bonds. The molecule has 0 bridgehead atoms. The Morgan fingerprint density at radius 1 is 0.944 bits per heavy atom. The van der Waals surface area contributed by atoms with Gasteiger partial charge in [-0.15, -0.1) is 0 Å². The zero-order valence-electron chi connectivity index (χ0n) is 9.70. The highest BCUT2D eigenvalue weighted by molar-refractivity contribution is 6.43. The van der Waals surface area contributed by atoms with Gasteiger partial charge >= 0.3 is 0 Å². The van der Waals surface area contributed by atoms with Gasteiger partial charge < -0.3 is 0 Å². The standard InChI is InChI=1S/C15H12Cl2O/c16-13-8-4-7-12(15(13)17)14(18)10-9-11-5-2-1-3-6-11/h1-8H,9-10H2. The maximum Gasteiger partial charge on any atom is 0.164 e. The summed E-state index contributed by atoms with van der Waals surface area (Å²) in [5.41, 5.74) is 1.64. The molecule has 2 aromatic rings. The molecule has 2 aromatic carbocycles. The molecular weight excluding hydrogens is 267 g/mol. The molecule has 0 N–H and O–H groups in total. The average molecular weight is 279 g/mol. The van der Waals surface area contributed by atoms with Gasteiger partial charge in [0.25, 0.3) is 0 Å². The van der Waals surface area contributed by atoms with E-state index in [0.29, 0.717) is 28.5 Å². The Balaban J connectivity index is 2.07. The Hall–Kier alpha value is -1.31. The summed E-state index contributed by atoms with van der Waals surface area (Å²) in [6.07, 6.45) is 1.15. The zero-order valence-corrected chi connectivity index (χ0v) is 11.2. The van der Waals surface area contributed by atoms with Crippen molar-refractivity contribution in [2.75, 3.05) is 0 Å². The van der Waals surface area contributed by atoms with Gasteiger partial charge in [-0.2, -0.15) is 0 Å². The topological polar surface area (TPSA) is 17.1 Å². The van der Waals surface area contributed by atoms with E-state index < -0.39 is 0 Å². The number of ketones is 1. The van der Waals surface area contributed by atoms with Crippen LogP contribution in [-0.4, -0.2) is 5.78 Å². The molecule has 0 aliphatic heterocycles. The van der Waals surface area contributed by atoms with E-state index in [1.807, 2.05) is 30.3 Å². The Morgan fingerprint density at radius 2 is 1.67 bits per heavy atom. The summed E-state index contributed by atoms with van der Waals surface area (Å²) in [4.78, 5) is 12.0. The Bertz CT molecular complexity index is 550. The van der Waals surface area contributed by atoms with Gasteiger partial charge in [-0.05, 0) is 24.1 Å². The lowest BCUT2D eigenvalue weighted by molar-refractivity contribution is 0.0983. The molecule has 92 valence electrons. The monoisotopic (exact) mass is 278 g/mol. The van der Waals surface area contributed by atoms with Gasteiger partial charge in [-0.3, -0.25) is 4.79 Å². The number of carbonyl (C=O) groups excluding carboxylic acids is 1. The maximum atomic E-state index is 12.0. The second-order valence-electron chi connectivity index (χ2n) is 4.01. The molecule has 0 spiro atoms. The summed E-state index contributed by atoms with van der Waals surface area (Å²) in [5, 5.41) is 0.763. The number of carbonyl (C=O) groups is 1. The van der Waals surface area contributed by atoms with Gasteiger partial charge in [0.15, 0.2) is 5.78 Å². The van der Waals surface area contributed by atoms with Crippen LogP contribution in [0.2, 0.25) is 10.0 Å². The fourth-order valence-electron chi connectivity index (χ4n) is 1.76. The second-order valence-corrected chi connectivity index (χ2v) is 4.80. The Labute approximate surface area is 116 Å². The summed E-state index contributed by atoms with van der Waals surface area (Å²) in [6.45, 7) is 0. The van der Waals surface area contributed by atoms with E-state index in [4.69, 9.17) is 23.2 Å². The van der Waals surface area contributed by atoms with Crippen LogP contribution in [0.5, 0.6) is 0 Å². The van der Waals surface area contributed by atoms with E-state index in [1.165, 1.54) is 0 Å². The first-order valence-corrected chi connectivity index (χ1v) is 6.45. The fourth-order valence-corrected chi connectivity index (χ4v) is 2.16. The quantitative estimate of drug-likeness (QED) is 0.734. The van der Waals surface area contributed by atoms with E-state index in [2.05, 4.69) is 0 Å². The number of hydrogen-bond donors (Lipinski definition) is 0. The molecule has 1 nitrogen and oxygen atoms in total. The summed E-state index contributed by atoms with van der Waals surface area (Å²) in [7, 11) is 0. The van der Waals surface area contributed by atoms with Crippen LogP contribution in [0, 0.1) is 0 Å². The molecule has 0 atom stereocenters. The number of benzene rings is 2. The molecule has 0 radical (unpaired) electrons. The van der Waals surface area contributed by atoms with E-state index >= 15 is 0 Å². The summed E-state index contributed by atoms with van der Waals surface area (Å²) >= 11 is 11.9. The first-order chi connectivity index (χ1) is 8.68. The molecular formula is C15H12Cl2O. The van der Waals surface area contributed by atoms with E-state index in [0.717, 1.165) is 5.56 Å². The van der Waals surface area contributed by atoms with Gasteiger partial charge in [0.2, 0.25) is 0 Å². The second kappa shape index (κ2) is 6.03. The lowest BCUT2D eigenvalue weighted by atomic mass is 10.0. The van der Waals surface area contributed by atoms with Crippen molar-refractivity contribution in [2.45, 2.75) is 12.8 Å². The summed E-state index contributed by atoms with van der Waals surface area (Å²) in [6, 6.07) is 15.0. The maximum absolute atomic E-state index is 12.0. The van der Waals surface area contributed by atoms with Crippen molar-refractivity contribution >= 4 is 29.0 Å². The smallest absolute Gasteiger partial charge is 0.164 e. The molecule has 3 heteroatoms. The predicted molar refractivity (Wildman–Crippen MR) is 75.6 cm³/mol. The molecule has 0 saturated carbocycles. The molecule has 0 saturated heterocycles. The first kappa shape index (κ1) is 13.1. The van der Waals surface area contributed by atoms with Crippen molar-refractivity contribution in [1.29, 1.82) is 0 Å². The van der Waals surface area contributed by atoms with Crippen molar-refractivity contribution in [2.24, 2.45) is 0 Å². The lowest BCUT2D eigenvalue weighted by Gasteiger charge is -2.05. The highest BCUT2D eigenvalue weighted by Gasteiger charge is 2.12. The third kappa shape index (κ3) is 3.12. The van der Waals surface area contributed by atoms with Crippen LogP contribution in [0.3, 0.4) is 0 Å². The number of aryl methyl sites for hydroxylation is 1. The lowest BCUT2D eigenvalue weighted by Crippen LogP contribution is -2.02. The molecule has 0 unspecified atom stereocenters. The minimum Gasteiger partial charge on any atom is -0.294 e. The van der Waals surface area contributed by atoms with Gasteiger partial charge in [0, 0.05) is 12.0 Å². The van der Waals surface area contributed by atoms with Crippen molar-refractivity contribution in [1.82, 2.24) is 0 Å². The van der Waals surface area contributed by atoms with Crippen molar-refractivity contribution in [3.05, 3.63) is 69.7 Å². The third-order valence-electron chi connectivity index (χ3n) is 2.74. The summed E-state index contributed by atoms with van der Waals surface area (Å²) < 4.78 is 0. The van der Waals surface area contributed by atoms with Gasteiger partial charge in [0.1, 0.15) is 0 Å². The van der Waals surface area contributed by atoms with Crippen LogP contribution < -0.4 is 0 Å². The molecule has 0 heterocycles. The first-order valence-electron chi connectivity index (χ1n) is 5.69. The van der Waals surface area contributed by atoms with Gasteiger partial charge in [0.05, 0.1) is 10.0 Å². The van der Waals surface area contributed by atoms with Crippen LogP contribution >= 0.6 is 23.2 Å². The molecule has 0 aliphatic rings. The largest absolute Gasteiger partial charge is 0.294 e. The van der Waals surface area contributed by atoms with Gasteiger partial charge in [-0.1, -0.05) is 59.6 Å². The highest BCUT2D eigenvalue weighted by atomic mass is 35.5. The van der Waals surface area contributed by atoms with Crippen LogP contribution in [0.1, 0.15) is 22.3 Å². The minimum atomic E-state index is 0.0198. The summed E-state index contributed by atoms with van der Waals surface area (Å²) in [5.74, 6) is 0.0198. The minimum absolute atomic E-state index is 0.0198. The van der Waals surface area contributed by atoms with Crippen molar-refractivity contribution < 1.29 is 4.79 Å². The third-order valence-corrected chi connectivity index (χ3v) is 3.55. The fraction of sp³-hybridized carbons (Fsp3) is 0.133. The molecule has 0 aromatic heterocycles. The number of hydrogen-bond acceptors (Lipinski definition) is 1. The van der Waals surface area contributed by atoms with Gasteiger partial charge in [-0.25, -0.2) is 0 Å². The predicted octanol–water partition coefficient (Wildman–Crippen LogP) is 4.81. The van der Waals surface area contributed by atoms with Crippen molar-refractivity contribution in [3.8, 4) is 0 Å². The van der Waals surface area contributed by atoms with Crippen LogP contribution in [0.25, 0.3) is 0 Å². The Morgan fingerprint density at radius 3 is 2.39 bits per heavy atom. The number of halogens is 2. The molecule has 0 aliphatic carbocycles.